The van der Waals surface area contributed by atoms with Gasteiger partial charge in [0.25, 0.3) is 6.43 Å². The van der Waals surface area contributed by atoms with E-state index in [9.17, 15) is 18.0 Å². The molecule has 0 fully saturated rings. The van der Waals surface area contributed by atoms with E-state index in [1.54, 1.807) is 0 Å². The molecule has 0 heterocycles. The van der Waals surface area contributed by atoms with Crippen molar-refractivity contribution in [3.05, 3.63) is 29.1 Å². The first-order valence-corrected chi connectivity index (χ1v) is 4.64. The molecule has 0 N–H and O–H groups in total. The van der Waals surface area contributed by atoms with Gasteiger partial charge >= 0.3 is 0 Å². The van der Waals surface area contributed by atoms with E-state index in [0.717, 1.165) is 6.07 Å². The lowest BCUT2D eigenvalue weighted by atomic mass is 10.1. The van der Waals surface area contributed by atoms with E-state index < -0.39 is 24.6 Å². The van der Waals surface area contributed by atoms with Crippen molar-refractivity contribution in [2.75, 3.05) is 6.61 Å². The Kier molecular flexibility index (Phi) is 3.93. The number of ether oxygens (including phenoxy) is 1. The molecule has 0 saturated heterocycles. The van der Waals surface area contributed by atoms with Gasteiger partial charge in [-0.05, 0) is 31.5 Å². The Morgan fingerprint density at radius 2 is 2.06 bits per heavy atom. The van der Waals surface area contributed by atoms with E-state index in [4.69, 9.17) is 4.74 Å². The molecule has 2 nitrogen and oxygen atoms in total. The molecule has 0 aliphatic rings. The molecule has 0 saturated carbocycles. The zero-order valence-corrected chi connectivity index (χ0v) is 8.89. The number of carbonyl (C=O) groups is 1. The summed E-state index contributed by atoms with van der Waals surface area (Å²) in [5, 5.41) is 0. The summed E-state index contributed by atoms with van der Waals surface area (Å²) in [4.78, 5) is 11.1. The predicted molar refractivity (Wildman–Crippen MR) is 52.6 cm³/mol. The summed E-state index contributed by atoms with van der Waals surface area (Å²) in [6.45, 7) is 1.87. The summed E-state index contributed by atoms with van der Waals surface area (Å²) in [7, 11) is 0. The van der Waals surface area contributed by atoms with Crippen LogP contribution in [0.3, 0.4) is 0 Å². The molecule has 0 aliphatic heterocycles. The van der Waals surface area contributed by atoms with E-state index in [-0.39, 0.29) is 16.9 Å². The van der Waals surface area contributed by atoms with Crippen LogP contribution < -0.4 is 4.74 Å². The Morgan fingerprint density at radius 3 is 2.56 bits per heavy atom. The Hall–Kier alpha value is -1.52. The molecule has 0 aliphatic carbocycles. The van der Waals surface area contributed by atoms with Gasteiger partial charge in [-0.3, -0.25) is 4.79 Å². The second-order valence-electron chi connectivity index (χ2n) is 3.36. The van der Waals surface area contributed by atoms with Gasteiger partial charge in [-0.1, -0.05) is 0 Å². The summed E-state index contributed by atoms with van der Waals surface area (Å²) >= 11 is 0. The van der Waals surface area contributed by atoms with Crippen LogP contribution in [-0.4, -0.2) is 18.8 Å². The zero-order valence-electron chi connectivity index (χ0n) is 8.89. The van der Waals surface area contributed by atoms with E-state index in [1.807, 2.05) is 0 Å². The highest BCUT2D eigenvalue weighted by Gasteiger charge is 2.14. The lowest BCUT2D eigenvalue weighted by molar-refractivity contribution is 0.0801. The molecule has 88 valence electrons. The van der Waals surface area contributed by atoms with Crippen molar-refractivity contribution in [3.8, 4) is 5.75 Å². The lowest BCUT2D eigenvalue weighted by Crippen LogP contribution is -2.10. The van der Waals surface area contributed by atoms with Crippen LogP contribution in [0.15, 0.2) is 12.1 Å². The van der Waals surface area contributed by atoms with Gasteiger partial charge in [0, 0.05) is 0 Å². The highest BCUT2D eigenvalue weighted by molar-refractivity contribution is 5.96. The average molecular weight is 232 g/mol. The maximum Gasteiger partial charge on any atom is 0.272 e. The van der Waals surface area contributed by atoms with E-state index in [1.165, 1.54) is 19.9 Å². The quantitative estimate of drug-likeness (QED) is 0.746. The Morgan fingerprint density at radius 1 is 1.44 bits per heavy atom. The molecular weight excluding hydrogens is 221 g/mol. The third-order valence-corrected chi connectivity index (χ3v) is 2.00. The molecule has 0 bridgehead atoms. The average Bonchev–Trinajstić information content (AvgIpc) is 2.18. The minimum absolute atomic E-state index is 0.00769. The van der Waals surface area contributed by atoms with Crippen molar-refractivity contribution in [2.24, 2.45) is 0 Å². The summed E-state index contributed by atoms with van der Waals surface area (Å²) in [5.41, 5.74) is 0.220. The topological polar surface area (TPSA) is 26.3 Å². The number of rotatable bonds is 4. The van der Waals surface area contributed by atoms with Gasteiger partial charge in [0.1, 0.15) is 18.2 Å². The van der Waals surface area contributed by atoms with E-state index >= 15 is 0 Å². The standard InChI is InChI=1S/C11H11F3O2/c1-6-3-10(16-5-11(13)14)8(7(2)15)4-9(6)12/h3-4,11H,5H2,1-2H3. The Balaban J connectivity index is 3.05. The minimum Gasteiger partial charge on any atom is -0.487 e. The molecular formula is C11H11F3O2. The van der Waals surface area contributed by atoms with Crippen LogP contribution in [0.4, 0.5) is 13.2 Å². The monoisotopic (exact) mass is 232 g/mol. The highest BCUT2D eigenvalue weighted by atomic mass is 19.3. The SMILES string of the molecule is CC(=O)c1cc(F)c(C)cc1OCC(F)F. The van der Waals surface area contributed by atoms with Crippen molar-refractivity contribution in [1.29, 1.82) is 0 Å². The molecule has 1 rings (SSSR count). The number of carbonyl (C=O) groups excluding carboxylic acids is 1. The zero-order chi connectivity index (χ0) is 12.3. The largest absolute Gasteiger partial charge is 0.487 e. The van der Waals surface area contributed by atoms with Gasteiger partial charge in [0.2, 0.25) is 0 Å². The number of hydrogen-bond donors (Lipinski definition) is 0. The van der Waals surface area contributed by atoms with Gasteiger partial charge in [0.05, 0.1) is 5.56 Å². The van der Waals surface area contributed by atoms with Crippen molar-refractivity contribution in [1.82, 2.24) is 0 Å². The van der Waals surface area contributed by atoms with Gasteiger partial charge in [0.15, 0.2) is 5.78 Å². The summed E-state index contributed by atoms with van der Waals surface area (Å²) < 4.78 is 41.8. The fraction of sp³-hybridized carbons (Fsp3) is 0.364. The van der Waals surface area contributed by atoms with Crippen LogP contribution in [-0.2, 0) is 0 Å². The molecule has 0 atom stereocenters. The van der Waals surface area contributed by atoms with Crippen molar-refractivity contribution >= 4 is 5.78 Å². The third kappa shape index (κ3) is 2.98. The normalized spacial score (nSPS) is 10.6. The molecule has 0 unspecified atom stereocenters. The molecule has 0 amide bonds. The summed E-state index contributed by atoms with van der Waals surface area (Å²) in [6, 6.07) is 2.24. The molecule has 1 aromatic carbocycles. The van der Waals surface area contributed by atoms with Gasteiger partial charge in [-0.2, -0.15) is 0 Å². The first-order chi connectivity index (χ1) is 7.41. The number of hydrogen-bond acceptors (Lipinski definition) is 2. The van der Waals surface area contributed by atoms with Crippen LogP contribution in [0.5, 0.6) is 5.75 Å². The number of Topliss-reactive ketones (excluding diaryl/α,β-unsaturated/α-hetero) is 1. The summed E-state index contributed by atoms with van der Waals surface area (Å²) in [5.74, 6) is -0.996. The smallest absolute Gasteiger partial charge is 0.272 e. The third-order valence-electron chi connectivity index (χ3n) is 2.00. The van der Waals surface area contributed by atoms with Gasteiger partial charge in [-0.15, -0.1) is 0 Å². The van der Waals surface area contributed by atoms with Crippen LogP contribution in [0.25, 0.3) is 0 Å². The second-order valence-corrected chi connectivity index (χ2v) is 3.36. The first-order valence-electron chi connectivity index (χ1n) is 4.64. The maximum atomic E-state index is 13.2. The Labute approximate surface area is 91.0 Å². The first kappa shape index (κ1) is 12.5. The molecule has 0 aromatic heterocycles. The van der Waals surface area contributed by atoms with Crippen LogP contribution in [0.2, 0.25) is 0 Å². The van der Waals surface area contributed by atoms with E-state index in [0.29, 0.717) is 0 Å². The van der Waals surface area contributed by atoms with Gasteiger partial charge < -0.3 is 4.74 Å². The van der Waals surface area contributed by atoms with Crippen molar-refractivity contribution in [3.63, 3.8) is 0 Å². The highest BCUT2D eigenvalue weighted by Crippen LogP contribution is 2.23. The molecule has 16 heavy (non-hydrogen) atoms. The lowest BCUT2D eigenvalue weighted by Gasteiger charge is -2.10. The fourth-order valence-corrected chi connectivity index (χ4v) is 1.20. The molecule has 1 aromatic rings. The van der Waals surface area contributed by atoms with Crippen LogP contribution in [0.1, 0.15) is 22.8 Å². The van der Waals surface area contributed by atoms with Crippen LogP contribution >= 0.6 is 0 Å². The fourth-order valence-electron chi connectivity index (χ4n) is 1.20. The molecule has 0 spiro atoms. The van der Waals surface area contributed by atoms with E-state index in [2.05, 4.69) is 0 Å². The number of ketones is 1. The maximum absolute atomic E-state index is 13.2. The molecule has 5 heteroatoms. The predicted octanol–water partition coefficient (Wildman–Crippen LogP) is 2.98. The van der Waals surface area contributed by atoms with Crippen LogP contribution in [0, 0.1) is 12.7 Å². The van der Waals surface area contributed by atoms with Gasteiger partial charge in [-0.25, -0.2) is 13.2 Å². The minimum atomic E-state index is -2.63. The molecule has 0 radical (unpaired) electrons. The number of alkyl halides is 2. The Bertz CT molecular complexity index is 402. The number of benzene rings is 1. The second kappa shape index (κ2) is 5.01. The van der Waals surface area contributed by atoms with Crippen molar-refractivity contribution in [2.45, 2.75) is 20.3 Å². The number of aryl methyl sites for hydroxylation is 1. The van der Waals surface area contributed by atoms with Crippen molar-refractivity contribution < 1.29 is 22.7 Å². The summed E-state index contributed by atoms with van der Waals surface area (Å²) in [6.07, 6.45) is -2.63. The number of halogens is 3.